The van der Waals surface area contributed by atoms with E-state index in [0.717, 1.165) is 24.3 Å². The Labute approximate surface area is 117 Å². The third-order valence-corrected chi connectivity index (χ3v) is 2.61. The fourth-order valence-corrected chi connectivity index (χ4v) is 1.66. The lowest BCUT2D eigenvalue weighted by atomic mass is 10.2. The zero-order chi connectivity index (χ0) is 16.7. The highest BCUT2D eigenvalue weighted by molar-refractivity contribution is 5.58. The maximum atomic E-state index is 12.6. The van der Waals surface area contributed by atoms with Crippen molar-refractivity contribution in [3.8, 4) is 11.4 Å². The number of non-ortho nitro benzene ring substituents is 1. The summed E-state index contributed by atoms with van der Waals surface area (Å²) >= 11 is 0. The van der Waals surface area contributed by atoms with Gasteiger partial charge in [0, 0.05) is 17.7 Å². The number of alkyl halides is 6. The molecule has 22 heavy (non-hydrogen) atoms. The molecule has 1 aromatic heterocycles. The van der Waals surface area contributed by atoms with Gasteiger partial charge in [0.2, 0.25) is 0 Å². The molecule has 0 bridgehead atoms. The molecule has 1 aromatic carbocycles. The van der Waals surface area contributed by atoms with Gasteiger partial charge >= 0.3 is 12.4 Å². The van der Waals surface area contributed by atoms with Gasteiger partial charge in [-0.05, 0) is 12.1 Å². The fourth-order valence-electron chi connectivity index (χ4n) is 1.66. The number of nitrogens with one attached hydrogen (secondary N) is 1. The maximum absolute atomic E-state index is 12.6. The highest BCUT2D eigenvalue weighted by atomic mass is 19.4. The number of rotatable bonds is 2. The number of halogens is 6. The molecule has 0 atom stereocenters. The van der Waals surface area contributed by atoms with Crippen molar-refractivity contribution in [1.29, 1.82) is 0 Å². The molecule has 0 spiro atoms. The van der Waals surface area contributed by atoms with Crippen LogP contribution in [0.2, 0.25) is 0 Å². The number of benzene rings is 1. The highest BCUT2D eigenvalue weighted by Crippen LogP contribution is 2.40. The Kier molecular flexibility index (Phi) is 3.59. The van der Waals surface area contributed by atoms with E-state index in [1.54, 1.807) is 4.98 Å². The molecule has 5 nitrogen and oxygen atoms in total. The first-order chi connectivity index (χ1) is 10.00. The molecular formula is C11H5F6N3O2. The number of H-pyrrole nitrogens is 1. The Morgan fingerprint density at radius 2 is 1.55 bits per heavy atom. The van der Waals surface area contributed by atoms with E-state index in [1.165, 1.54) is 0 Å². The van der Waals surface area contributed by atoms with E-state index >= 15 is 0 Å². The van der Waals surface area contributed by atoms with Crippen molar-refractivity contribution >= 4 is 5.69 Å². The van der Waals surface area contributed by atoms with Crippen LogP contribution in [0.4, 0.5) is 32.0 Å². The predicted molar refractivity (Wildman–Crippen MR) is 60.7 cm³/mol. The molecule has 0 aliphatic carbocycles. The largest absolute Gasteiger partial charge is 0.435 e. The summed E-state index contributed by atoms with van der Waals surface area (Å²) < 4.78 is 75.7. The first kappa shape index (κ1) is 15.8. The predicted octanol–water partition coefficient (Wildman–Crippen LogP) is 4.02. The lowest BCUT2D eigenvalue weighted by Gasteiger charge is -2.08. The Hall–Kier alpha value is -2.59. The molecular weight excluding hydrogens is 320 g/mol. The number of nitro benzene ring substituents is 1. The lowest BCUT2D eigenvalue weighted by molar-refractivity contribution is -0.384. The second-order valence-electron chi connectivity index (χ2n) is 4.11. The minimum Gasteiger partial charge on any atom is -0.334 e. The van der Waals surface area contributed by atoms with Crippen molar-refractivity contribution < 1.29 is 31.3 Å². The molecule has 0 amide bonds. The van der Waals surface area contributed by atoms with Crippen LogP contribution in [0.3, 0.4) is 0 Å². The van der Waals surface area contributed by atoms with Gasteiger partial charge in [-0.1, -0.05) is 0 Å². The number of imidazole rings is 1. The van der Waals surface area contributed by atoms with Crippen LogP contribution < -0.4 is 0 Å². The second-order valence-corrected chi connectivity index (χ2v) is 4.11. The van der Waals surface area contributed by atoms with E-state index in [4.69, 9.17) is 0 Å². The van der Waals surface area contributed by atoms with E-state index in [0.29, 0.717) is 0 Å². The third kappa shape index (κ3) is 3.02. The van der Waals surface area contributed by atoms with Gasteiger partial charge in [-0.25, -0.2) is 4.98 Å². The summed E-state index contributed by atoms with van der Waals surface area (Å²) in [5.41, 5.74) is -4.62. The van der Waals surface area contributed by atoms with Gasteiger partial charge in [0.1, 0.15) is 5.82 Å². The van der Waals surface area contributed by atoms with Crippen LogP contribution in [0, 0.1) is 10.1 Å². The monoisotopic (exact) mass is 325 g/mol. The number of nitrogens with zero attached hydrogens (tertiary/aromatic N) is 2. The molecule has 0 saturated heterocycles. The summed E-state index contributed by atoms with van der Waals surface area (Å²) in [5, 5.41) is 10.5. The Morgan fingerprint density at radius 3 is 1.91 bits per heavy atom. The van der Waals surface area contributed by atoms with Crippen LogP contribution in [-0.2, 0) is 12.4 Å². The summed E-state index contributed by atoms with van der Waals surface area (Å²) in [6.07, 6.45) is -10.6. The summed E-state index contributed by atoms with van der Waals surface area (Å²) in [6.45, 7) is 0. The fraction of sp³-hybridized carbons (Fsp3) is 0.182. The average molecular weight is 325 g/mol. The molecule has 0 unspecified atom stereocenters. The quantitative estimate of drug-likeness (QED) is 0.515. The topological polar surface area (TPSA) is 71.8 Å². The van der Waals surface area contributed by atoms with Crippen molar-refractivity contribution in [2.24, 2.45) is 0 Å². The van der Waals surface area contributed by atoms with Gasteiger partial charge in [-0.3, -0.25) is 10.1 Å². The van der Waals surface area contributed by atoms with Crippen LogP contribution in [-0.4, -0.2) is 14.9 Å². The highest BCUT2D eigenvalue weighted by Gasteiger charge is 2.47. The van der Waals surface area contributed by atoms with E-state index in [2.05, 4.69) is 4.98 Å². The molecule has 2 rings (SSSR count). The molecule has 0 aliphatic rings. The molecule has 1 N–H and O–H groups in total. The third-order valence-electron chi connectivity index (χ3n) is 2.61. The number of aromatic amines is 1. The smallest absolute Gasteiger partial charge is 0.334 e. The second kappa shape index (κ2) is 5.00. The minimum atomic E-state index is -5.29. The molecule has 0 radical (unpaired) electrons. The van der Waals surface area contributed by atoms with E-state index < -0.39 is 34.5 Å². The van der Waals surface area contributed by atoms with Gasteiger partial charge in [0.15, 0.2) is 11.4 Å². The Morgan fingerprint density at radius 1 is 1.00 bits per heavy atom. The van der Waals surface area contributed by atoms with Gasteiger partial charge in [-0.15, -0.1) is 0 Å². The molecule has 1 heterocycles. The Balaban J connectivity index is 2.53. The summed E-state index contributed by atoms with van der Waals surface area (Å²) in [6, 6.07) is 3.88. The van der Waals surface area contributed by atoms with Gasteiger partial charge < -0.3 is 4.98 Å². The lowest BCUT2D eigenvalue weighted by Crippen LogP contribution is -2.16. The summed E-state index contributed by atoms with van der Waals surface area (Å²) in [5.74, 6) is -0.686. The standard InChI is InChI=1S/C11H5F6N3O2/c12-10(13,14)7-8(11(15,16)17)19-9(18-7)5-1-3-6(4-2-5)20(21)22/h1-4H,(H,18,19). The van der Waals surface area contributed by atoms with E-state index in [-0.39, 0.29) is 11.3 Å². The Bertz CT molecular complexity index is 671. The molecule has 0 saturated carbocycles. The number of hydrogen-bond donors (Lipinski definition) is 1. The molecule has 0 fully saturated rings. The number of aromatic nitrogens is 2. The first-order valence-corrected chi connectivity index (χ1v) is 5.49. The summed E-state index contributed by atoms with van der Waals surface area (Å²) in [7, 11) is 0. The zero-order valence-electron chi connectivity index (χ0n) is 10.3. The van der Waals surface area contributed by atoms with E-state index in [1.807, 2.05) is 0 Å². The first-order valence-electron chi connectivity index (χ1n) is 5.49. The van der Waals surface area contributed by atoms with Gasteiger partial charge in [-0.2, -0.15) is 26.3 Å². The zero-order valence-corrected chi connectivity index (χ0v) is 10.3. The summed E-state index contributed by atoms with van der Waals surface area (Å²) in [4.78, 5) is 14.2. The maximum Gasteiger partial charge on any atom is 0.435 e. The van der Waals surface area contributed by atoms with Crippen LogP contribution >= 0.6 is 0 Å². The molecule has 0 aliphatic heterocycles. The number of hydrogen-bond acceptors (Lipinski definition) is 3. The van der Waals surface area contributed by atoms with Gasteiger partial charge in [0.05, 0.1) is 4.92 Å². The SMILES string of the molecule is O=[N+]([O-])c1ccc(-c2nc(C(F)(F)F)c(C(F)(F)F)[nH]2)cc1. The van der Waals surface area contributed by atoms with Crippen LogP contribution in [0.15, 0.2) is 24.3 Å². The molecule has 118 valence electrons. The minimum absolute atomic E-state index is 0.147. The average Bonchev–Trinajstić information content (AvgIpc) is 2.83. The van der Waals surface area contributed by atoms with Crippen molar-refractivity contribution in [2.75, 3.05) is 0 Å². The number of nitro groups is 1. The van der Waals surface area contributed by atoms with Crippen molar-refractivity contribution in [2.45, 2.75) is 12.4 Å². The van der Waals surface area contributed by atoms with Crippen LogP contribution in [0.1, 0.15) is 11.4 Å². The van der Waals surface area contributed by atoms with Crippen molar-refractivity contribution in [3.05, 3.63) is 45.8 Å². The molecule has 2 aromatic rings. The van der Waals surface area contributed by atoms with Gasteiger partial charge in [0.25, 0.3) is 5.69 Å². The molecule has 11 heteroatoms. The van der Waals surface area contributed by atoms with Crippen molar-refractivity contribution in [3.63, 3.8) is 0 Å². The normalized spacial score (nSPS) is 12.5. The van der Waals surface area contributed by atoms with Crippen molar-refractivity contribution in [1.82, 2.24) is 9.97 Å². The van der Waals surface area contributed by atoms with Crippen LogP contribution in [0.5, 0.6) is 0 Å². The van der Waals surface area contributed by atoms with Crippen LogP contribution in [0.25, 0.3) is 11.4 Å². The van der Waals surface area contributed by atoms with E-state index in [9.17, 15) is 36.5 Å².